The van der Waals surface area contributed by atoms with Gasteiger partial charge in [-0.2, -0.15) is 0 Å². The van der Waals surface area contributed by atoms with Crippen molar-refractivity contribution in [3.05, 3.63) is 103 Å². The van der Waals surface area contributed by atoms with Gasteiger partial charge in [0.25, 0.3) is 0 Å². The number of halogens is 2. The number of hydrogen-bond acceptors (Lipinski definition) is 7. The molecule has 0 radical (unpaired) electrons. The van der Waals surface area contributed by atoms with E-state index in [1.165, 1.54) is 18.9 Å². The second kappa shape index (κ2) is 11.8. The van der Waals surface area contributed by atoms with Gasteiger partial charge in [-0.15, -0.1) is 10.2 Å². The summed E-state index contributed by atoms with van der Waals surface area (Å²) in [4.78, 5) is 11.3. The van der Waals surface area contributed by atoms with Crippen molar-refractivity contribution in [3.63, 3.8) is 0 Å². The summed E-state index contributed by atoms with van der Waals surface area (Å²) in [7, 11) is 1.54. The molecule has 11 heteroatoms. The molecular weight excluding hydrogens is 568 g/mol. The maximum atomic E-state index is 11.6. The summed E-state index contributed by atoms with van der Waals surface area (Å²) in [6, 6.07) is 20.6. The van der Waals surface area contributed by atoms with Crippen molar-refractivity contribution in [2.45, 2.75) is 23.9 Å². The van der Waals surface area contributed by atoms with Crippen molar-refractivity contribution < 1.29 is 14.4 Å². The Morgan fingerprint density at radius 1 is 1.14 bits per heavy atom. The summed E-state index contributed by atoms with van der Waals surface area (Å²) in [6.07, 6.45) is 0. The monoisotopic (exact) mass is 588 g/mol. The molecule has 1 aromatic heterocycles. The predicted octanol–water partition coefficient (Wildman–Crippen LogP) is 6.69. The van der Waals surface area contributed by atoms with Gasteiger partial charge in [0.05, 0.1) is 11.6 Å². The van der Waals surface area contributed by atoms with E-state index < -0.39 is 5.25 Å². The first-order chi connectivity index (χ1) is 17.4. The standard InChI is InChI=1S/C25H22BrClN4O4S/c1-16-28-29-25(31(16)20-10-8-19(27)9-11-20)36-23(14-30(32)33)18-12-21(26)24(22(13-18)34-2)35-15-17-6-4-3-5-7-17/h3-13,23H,14-15H2,1-2H3/t23-/m0/s1. The molecule has 36 heavy (non-hydrogen) atoms. The average Bonchev–Trinajstić information content (AvgIpc) is 3.23. The molecule has 8 nitrogen and oxygen atoms in total. The zero-order valence-electron chi connectivity index (χ0n) is 19.4. The number of benzene rings is 3. The van der Waals surface area contributed by atoms with E-state index in [4.69, 9.17) is 21.1 Å². The number of nitro groups is 1. The molecule has 1 atom stereocenters. The Hall–Kier alpha value is -3.08. The van der Waals surface area contributed by atoms with Crippen LogP contribution in [0.1, 0.15) is 22.2 Å². The van der Waals surface area contributed by atoms with Gasteiger partial charge in [0.1, 0.15) is 17.7 Å². The van der Waals surface area contributed by atoms with Crippen LogP contribution in [0.4, 0.5) is 0 Å². The molecule has 0 fully saturated rings. The minimum Gasteiger partial charge on any atom is -0.493 e. The molecule has 4 rings (SSSR count). The lowest BCUT2D eigenvalue weighted by molar-refractivity contribution is -0.479. The number of hydrogen-bond donors (Lipinski definition) is 0. The number of ether oxygens (including phenoxy) is 2. The van der Waals surface area contributed by atoms with Crippen LogP contribution < -0.4 is 9.47 Å². The van der Waals surface area contributed by atoms with Crippen LogP contribution in [0.5, 0.6) is 11.5 Å². The van der Waals surface area contributed by atoms with Gasteiger partial charge in [0.15, 0.2) is 16.7 Å². The Labute approximate surface area is 225 Å². The Balaban J connectivity index is 1.65. The fourth-order valence-electron chi connectivity index (χ4n) is 3.58. The zero-order chi connectivity index (χ0) is 25.7. The van der Waals surface area contributed by atoms with Crippen molar-refractivity contribution in [3.8, 4) is 17.2 Å². The third kappa shape index (κ3) is 6.18. The smallest absolute Gasteiger partial charge is 0.220 e. The first kappa shape index (κ1) is 26.0. The van der Waals surface area contributed by atoms with Gasteiger partial charge < -0.3 is 9.47 Å². The maximum absolute atomic E-state index is 11.6. The predicted molar refractivity (Wildman–Crippen MR) is 143 cm³/mol. The summed E-state index contributed by atoms with van der Waals surface area (Å²) in [5.41, 5.74) is 2.51. The van der Waals surface area contributed by atoms with E-state index in [2.05, 4.69) is 26.1 Å². The van der Waals surface area contributed by atoms with E-state index in [-0.39, 0.29) is 11.5 Å². The summed E-state index contributed by atoms with van der Waals surface area (Å²) in [5.74, 6) is 1.65. The van der Waals surface area contributed by atoms with E-state index in [1.54, 1.807) is 18.2 Å². The van der Waals surface area contributed by atoms with Crippen molar-refractivity contribution in [2.75, 3.05) is 13.7 Å². The Kier molecular flexibility index (Phi) is 8.50. The SMILES string of the molecule is COc1cc([C@H](C[N+](=O)[O-])Sc2nnc(C)n2-c2ccc(Cl)cc2)cc(Br)c1OCc1ccccc1. The summed E-state index contributed by atoms with van der Waals surface area (Å²) in [5, 5.41) is 20.7. The summed E-state index contributed by atoms with van der Waals surface area (Å²) in [6.45, 7) is 1.86. The van der Waals surface area contributed by atoms with Crippen LogP contribution in [-0.2, 0) is 6.61 Å². The quantitative estimate of drug-likeness (QED) is 0.116. The van der Waals surface area contributed by atoms with Crippen molar-refractivity contribution in [1.29, 1.82) is 0 Å². The lowest BCUT2D eigenvalue weighted by atomic mass is 10.1. The Bertz CT molecular complexity index is 1350. The fraction of sp³-hybridized carbons (Fsp3) is 0.200. The molecular formula is C25H22BrClN4O4S. The van der Waals surface area contributed by atoms with E-state index in [0.717, 1.165) is 11.3 Å². The number of aryl methyl sites for hydroxylation is 1. The average molecular weight is 590 g/mol. The molecule has 4 aromatic rings. The van der Waals surface area contributed by atoms with Crippen molar-refractivity contribution >= 4 is 39.3 Å². The number of rotatable bonds is 10. The summed E-state index contributed by atoms with van der Waals surface area (Å²) >= 11 is 10.9. The number of thioether (sulfide) groups is 1. The number of methoxy groups -OCH3 is 1. The number of nitrogens with zero attached hydrogens (tertiary/aromatic N) is 4. The Morgan fingerprint density at radius 3 is 2.53 bits per heavy atom. The van der Waals surface area contributed by atoms with Gasteiger partial charge in [-0.1, -0.05) is 53.7 Å². The van der Waals surface area contributed by atoms with Crippen LogP contribution in [0.25, 0.3) is 5.69 Å². The lowest BCUT2D eigenvalue weighted by Crippen LogP contribution is -2.12. The highest BCUT2D eigenvalue weighted by Crippen LogP contribution is 2.43. The van der Waals surface area contributed by atoms with Gasteiger partial charge >= 0.3 is 0 Å². The van der Waals surface area contributed by atoms with Crippen molar-refractivity contribution in [2.24, 2.45) is 0 Å². The normalized spacial score (nSPS) is 11.8. The van der Waals surface area contributed by atoms with Gasteiger partial charge in [0, 0.05) is 15.6 Å². The minimum atomic E-state index is -0.567. The minimum absolute atomic E-state index is 0.322. The highest BCUT2D eigenvalue weighted by Gasteiger charge is 2.26. The number of aromatic nitrogens is 3. The van der Waals surface area contributed by atoms with Crippen LogP contribution in [0.15, 0.2) is 76.4 Å². The summed E-state index contributed by atoms with van der Waals surface area (Å²) < 4.78 is 14.1. The first-order valence-electron chi connectivity index (χ1n) is 10.9. The molecule has 0 aliphatic heterocycles. The van der Waals surface area contributed by atoms with Crippen molar-refractivity contribution in [1.82, 2.24) is 14.8 Å². The highest BCUT2D eigenvalue weighted by atomic mass is 79.9. The third-order valence-electron chi connectivity index (χ3n) is 5.29. The molecule has 0 aliphatic carbocycles. The molecule has 3 aromatic carbocycles. The zero-order valence-corrected chi connectivity index (χ0v) is 22.6. The van der Waals surface area contributed by atoms with Gasteiger partial charge in [0.2, 0.25) is 6.54 Å². The molecule has 1 heterocycles. The molecule has 0 bridgehead atoms. The van der Waals surface area contributed by atoms with Crippen LogP contribution in [0.2, 0.25) is 5.02 Å². The molecule has 0 saturated heterocycles. The van der Waals surface area contributed by atoms with Crippen LogP contribution in [0, 0.1) is 17.0 Å². The molecule has 0 spiro atoms. The molecule has 0 aliphatic rings. The topological polar surface area (TPSA) is 92.3 Å². The fourth-order valence-corrected chi connectivity index (χ4v) is 5.43. The molecule has 0 unspecified atom stereocenters. The van der Waals surface area contributed by atoms with Crippen LogP contribution >= 0.6 is 39.3 Å². The second-order valence-corrected chi connectivity index (χ2v) is 10.2. The van der Waals surface area contributed by atoms with Crippen LogP contribution in [0.3, 0.4) is 0 Å². The molecule has 0 amide bonds. The van der Waals surface area contributed by atoms with Crippen LogP contribution in [-0.4, -0.2) is 33.3 Å². The van der Waals surface area contributed by atoms with E-state index >= 15 is 0 Å². The van der Waals surface area contributed by atoms with E-state index in [1.807, 2.05) is 60.0 Å². The van der Waals surface area contributed by atoms with E-state index in [0.29, 0.717) is 44.1 Å². The third-order valence-corrected chi connectivity index (χ3v) is 7.31. The largest absolute Gasteiger partial charge is 0.493 e. The second-order valence-electron chi connectivity index (χ2n) is 7.77. The van der Waals surface area contributed by atoms with Gasteiger partial charge in [-0.05, 0) is 70.4 Å². The maximum Gasteiger partial charge on any atom is 0.220 e. The van der Waals surface area contributed by atoms with E-state index in [9.17, 15) is 10.1 Å². The molecule has 0 saturated carbocycles. The molecule has 186 valence electrons. The first-order valence-corrected chi connectivity index (χ1v) is 12.9. The van der Waals surface area contributed by atoms with Gasteiger partial charge in [-0.25, -0.2) is 0 Å². The highest BCUT2D eigenvalue weighted by molar-refractivity contribution is 9.10. The van der Waals surface area contributed by atoms with Gasteiger partial charge in [-0.3, -0.25) is 14.7 Å². The Morgan fingerprint density at radius 2 is 1.86 bits per heavy atom. The lowest BCUT2D eigenvalue weighted by Gasteiger charge is -2.18. The molecule has 0 N–H and O–H groups in total.